The van der Waals surface area contributed by atoms with Gasteiger partial charge < -0.3 is 4.74 Å². The summed E-state index contributed by atoms with van der Waals surface area (Å²) < 4.78 is 5.69. The van der Waals surface area contributed by atoms with Crippen LogP contribution in [0.15, 0.2) is 18.3 Å². The maximum atomic E-state index is 9.00. The zero-order valence-electron chi connectivity index (χ0n) is 10.3. The Labute approximate surface area is 102 Å². The minimum atomic E-state index is 0.251. The van der Waals surface area contributed by atoms with Crippen LogP contribution in [0.5, 0.6) is 0 Å². The highest BCUT2D eigenvalue weighted by Crippen LogP contribution is 2.15. The van der Waals surface area contributed by atoms with Gasteiger partial charge in [0.05, 0.1) is 12.2 Å². The Balaban J connectivity index is 2.08. The van der Waals surface area contributed by atoms with E-state index in [0.29, 0.717) is 5.69 Å². The van der Waals surface area contributed by atoms with Crippen molar-refractivity contribution in [3.05, 3.63) is 29.6 Å². The molecule has 2 rings (SSSR count). The molecule has 0 saturated carbocycles. The summed E-state index contributed by atoms with van der Waals surface area (Å²) in [6, 6.07) is 5.99. The number of ether oxygens (including phenoxy) is 1. The monoisotopic (exact) mass is 231 g/mol. The van der Waals surface area contributed by atoms with Crippen LogP contribution in [0, 0.1) is 11.3 Å². The minimum absolute atomic E-state index is 0.251. The van der Waals surface area contributed by atoms with Gasteiger partial charge in [0.1, 0.15) is 11.8 Å². The second-order valence-electron chi connectivity index (χ2n) is 4.57. The van der Waals surface area contributed by atoms with Crippen LogP contribution in [0.2, 0.25) is 0 Å². The molecule has 0 spiro atoms. The highest BCUT2D eigenvalue weighted by molar-refractivity contribution is 5.30. The van der Waals surface area contributed by atoms with E-state index < -0.39 is 0 Å². The lowest BCUT2D eigenvalue weighted by atomic mass is 10.1. The normalized spacial score (nSPS) is 25.5. The van der Waals surface area contributed by atoms with E-state index in [1.54, 1.807) is 6.20 Å². The molecule has 17 heavy (non-hydrogen) atoms. The number of rotatable bonds is 2. The van der Waals surface area contributed by atoms with E-state index in [9.17, 15) is 0 Å². The molecule has 1 fully saturated rings. The largest absolute Gasteiger partial charge is 0.373 e. The third-order valence-electron chi connectivity index (χ3n) is 2.89. The van der Waals surface area contributed by atoms with Gasteiger partial charge in [0.25, 0.3) is 0 Å². The van der Waals surface area contributed by atoms with Gasteiger partial charge in [0.15, 0.2) is 0 Å². The zero-order chi connectivity index (χ0) is 12.3. The lowest BCUT2D eigenvalue weighted by molar-refractivity contribution is -0.0705. The summed E-state index contributed by atoms with van der Waals surface area (Å²) in [4.78, 5) is 6.40. The molecule has 0 aliphatic carbocycles. The number of pyridine rings is 1. The maximum Gasteiger partial charge on any atom is 0.144 e. The molecule has 4 heteroatoms. The van der Waals surface area contributed by atoms with Gasteiger partial charge >= 0.3 is 0 Å². The Morgan fingerprint density at radius 2 is 2.18 bits per heavy atom. The molecule has 1 saturated heterocycles. The fourth-order valence-corrected chi connectivity index (χ4v) is 2.32. The van der Waals surface area contributed by atoms with Gasteiger partial charge in [-0.3, -0.25) is 4.90 Å². The molecule has 1 aromatic heterocycles. The Bertz CT molecular complexity index is 417. The molecule has 0 radical (unpaired) electrons. The van der Waals surface area contributed by atoms with E-state index in [-0.39, 0.29) is 12.2 Å². The first-order valence-electron chi connectivity index (χ1n) is 5.91. The summed E-state index contributed by atoms with van der Waals surface area (Å²) in [7, 11) is 0. The third kappa shape index (κ3) is 3.02. The van der Waals surface area contributed by atoms with Crippen molar-refractivity contribution in [1.82, 2.24) is 9.88 Å². The molecule has 0 bridgehead atoms. The van der Waals surface area contributed by atoms with E-state index in [1.807, 2.05) is 12.1 Å². The maximum absolute atomic E-state index is 9.00. The summed E-state index contributed by atoms with van der Waals surface area (Å²) in [5.41, 5.74) is 1.52. The zero-order valence-corrected chi connectivity index (χ0v) is 10.3. The van der Waals surface area contributed by atoms with Gasteiger partial charge in [0.2, 0.25) is 0 Å². The lowest BCUT2D eigenvalue weighted by Gasteiger charge is -2.35. The van der Waals surface area contributed by atoms with Crippen LogP contribution in [0.25, 0.3) is 0 Å². The number of nitriles is 1. The number of hydrogen-bond donors (Lipinski definition) is 0. The van der Waals surface area contributed by atoms with Gasteiger partial charge in [-0.05, 0) is 19.9 Å². The quantitative estimate of drug-likeness (QED) is 0.775. The number of hydrogen-bond acceptors (Lipinski definition) is 4. The topological polar surface area (TPSA) is 49.2 Å². The van der Waals surface area contributed by atoms with E-state index in [0.717, 1.165) is 25.2 Å². The van der Waals surface area contributed by atoms with Crippen molar-refractivity contribution in [2.75, 3.05) is 13.1 Å². The molecule has 2 unspecified atom stereocenters. The van der Waals surface area contributed by atoms with Gasteiger partial charge in [-0.1, -0.05) is 6.07 Å². The van der Waals surface area contributed by atoms with Crippen LogP contribution in [-0.4, -0.2) is 35.2 Å². The van der Waals surface area contributed by atoms with E-state index in [4.69, 9.17) is 10.00 Å². The van der Waals surface area contributed by atoms with Gasteiger partial charge in [-0.2, -0.15) is 5.26 Å². The smallest absolute Gasteiger partial charge is 0.144 e. The minimum Gasteiger partial charge on any atom is -0.373 e. The van der Waals surface area contributed by atoms with Crippen LogP contribution < -0.4 is 0 Å². The van der Waals surface area contributed by atoms with Crippen molar-refractivity contribution < 1.29 is 4.74 Å². The highest BCUT2D eigenvalue weighted by Gasteiger charge is 2.22. The van der Waals surface area contributed by atoms with E-state index >= 15 is 0 Å². The predicted molar refractivity (Wildman–Crippen MR) is 64.2 cm³/mol. The fraction of sp³-hybridized carbons (Fsp3) is 0.538. The Kier molecular flexibility index (Phi) is 3.72. The van der Waals surface area contributed by atoms with E-state index in [1.165, 1.54) is 0 Å². The first-order valence-corrected chi connectivity index (χ1v) is 5.91. The molecule has 1 aliphatic heterocycles. The van der Waals surface area contributed by atoms with Crippen molar-refractivity contribution in [2.24, 2.45) is 0 Å². The van der Waals surface area contributed by atoms with Crippen LogP contribution in [0.1, 0.15) is 25.1 Å². The summed E-state index contributed by atoms with van der Waals surface area (Å²) in [5.74, 6) is 0. The second-order valence-corrected chi connectivity index (χ2v) is 4.57. The van der Waals surface area contributed by atoms with Crippen molar-refractivity contribution in [2.45, 2.75) is 32.6 Å². The number of morpholine rings is 1. The summed E-state index contributed by atoms with van der Waals surface area (Å²) in [5, 5.41) is 9.00. The average Bonchev–Trinajstić information content (AvgIpc) is 2.28. The third-order valence-corrected chi connectivity index (χ3v) is 2.89. The van der Waals surface area contributed by atoms with Gasteiger partial charge in [-0.15, -0.1) is 0 Å². The first-order chi connectivity index (χ1) is 8.19. The molecule has 2 atom stereocenters. The molecule has 2 heterocycles. The van der Waals surface area contributed by atoms with Crippen molar-refractivity contribution in [3.63, 3.8) is 0 Å². The van der Waals surface area contributed by atoms with Crippen LogP contribution in [-0.2, 0) is 11.3 Å². The van der Waals surface area contributed by atoms with Gasteiger partial charge in [0, 0.05) is 31.4 Å². The van der Waals surface area contributed by atoms with Crippen molar-refractivity contribution in [1.29, 1.82) is 5.26 Å². The predicted octanol–water partition coefficient (Wildman–Crippen LogP) is 1.56. The summed E-state index contributed by atoms with van der Waals surface area (Å²) in [6.07, 6.45) is 2.16. The number of aromatic nitrogens is 1. The average molecular weight is 231 g/mol. The molecule has 90 valence electrons. The molecule has 0 N–H and O–H groups in total. The van der Waals surface area contributed by atoms with Crippen molar-refractivity contribution in [3.8, 4) is 6.07 Å². The number of nitrogens with zero attached hydrogens (tertiary/aromatic N) is 3. The highest BCUT2D eigenvalue weighted by atomic mass is 16.5. The first kappa shape index (κ1) is 12.0. The van der Waals surface area contributed by atoms with Crippen molar-refractivity contribution >= 4 is 0 Å². The molecule has 4 nitrogen and oxygen atoms in total. The Morgan fingerprint density at radius 1 is 1.47 bits per heavy atom. The SMILES string of the molecule is CC1CN(Cc2cccnc2C#N)CC(C)O1. The Hall–Kier alpha value is -1.44. The van der Waals surface area contributed by atoms with E-state index in [2.05, 4.69) is 29.8 Å². The lowest BCUT2D eigenvalue weighted by Crippen LogP contribution is -2.44. The molecule has 0 aromatic carbocycles. The van der Waals surface area contributed by atoms with Crippen LogP contribution in [0.4, 0.5) is 0 Å². The fourth-order valence-electron chi connectivity index (χ4n) is 2.32. The summed E-state index contributed by atoms with van der Waals surface area (Å²) in [6.45, 7) is 6.75. The molecular formula is C13H17N3O. The van der Waals surface area contributed by atoms with Gasteiger partial charge in [-0.25, -0.2) is 4.98 Å². The molecule has 1 aromatic rings. The molecular weight excluding hydrogens is 214 g/mol. The van der Waals surface area contributed by atoms with Crippen LogP contribution in [0.3, 0.4) is 0 Å². The Morgan fingerprint density at radius 3 is 2.82 bits per heavy atom. The summed E-state index contributed by atoms with van der Waals surface area (Å²) >= 11 is 0. The molecule has 1 aliphatic rings. The standard InChI is InChI=1S/C13H17N3O/c1-10-7-16(8-11(2)17-10)9-12-4-3-5-15-13(12)6-14/h3-5,10-11H,7-9H2,1-2H3. The second kappa shape index (κ2) is 5.26. The van der Waals surface area contributed by atoms with Crippen LogP contribution >= 0.6 is 0 Å². The molecule has 0 amide bonds.